The minimum Gasteiger partial charge on any atom is -0.872 e. The summed E-state index contributed by atoms with van der Waals surface area (Å²) in [6.45, 7) is 0. The molecule has 0 fully saturated rings. The molecule has 0 aromatic heterocycles. The number of nitrogens with one attached hydrogen (secondary N) is 1. The fraction of sp³-hybridized carbons (Fsp3) is 0.0800. The molecule has 0 aliphatic carbocycles. The number of hydrogen-bond acceptors (Lipinski definition) is 12. The fourth-order valence-corrected chi connectivity index (χ4v) is 6.68. The molecule has 14 nitrogen and oxygen atoms in total. The number of carbonyl (C=O) groups excluding carboxylic acids is 1. The molecule has 0 saturated carbocycles. The molecule has 0 bridgehead atoms. The van der Waals surface area contributed by atoms with Gasteiger partial charge in [-0.05, 0) is 47.9 Å². The summed E-state index contributed by atoms with van der Waals surface area (Å²) in [5.41, 5.74) is 4.91. The van der Waals surface area contributed by atoms with E-state index in [1.54, 1.807) is 6.07 Å². The number of sulfone groups is 1. The molecule has 4 aromatic rings. The number of anilines is 2. The maximum absolute atomic E-state index is 12.6. The normalized spacial score (nSPS) is 12.7. The van der Waals surface area contributed by atoms with Crippen LogP contribution in [0, 0.1) is 0 Å². The minimum atomic E-state index is -4.98. The van der Waals surface area contributed by atoms with Gasteiger partial charge in [-0.15, -0.1) is 21.8 Å². The molecule has 0 aliphatic heterocycles. The fourth-order valence-electron chi connectivity index (χ4n) is 3.86. The van der Waals surface area contributed by atoms with Crippen LogP contribution in [0.15, 0.2) is 97.7 Å². The Balaban J connectivity index is 0.00000353. The van der Waals surface area contributed by atoms with E-state index in [1.165, 1.54) is 42.5 Å². The summed E-state index contributed by atoms with van der Waals surface area (Å²) < 4.78 is 91.7. The summed E-state index contributed by atoms with van der Waals surface area (Å²) in [4.78, 5) is 10.8. The average Bonchev–Trinajstić information content (AvgIpc) is 2.92. The van der Waals surface area contributed by atoms with Gasteiger partial charge in [-0.3, -0.25) is 9.35 Å². The van der Waals surface area contributed by atoms with Crippen molar-refractivity contribution < 1.29 is 92.7 Å². The first kappa shape index (κ1) is 38.6. The van der Waals surface area contributed by atoms with Gasteiger partial charge in [-0.25, -0.2) is 16.8 Å². The number of rotatable bonds is 9. The number of fused-ring (bicyclic) bond motifs is 1. The van der Waals surface area contributed by atoms with Crippen molar-refractivity contribution in [3.63, 3.8) is 0 Å². The summed E-state index contributed by atoms with van der Waals surface area (Å²) in [6.07, 6.45) is -0.700. The Kier molecular flexibility index (Phi) is 12.8. The first-order valence-electron chi connectivity index (χ1n) is 11.7. The zero-order valence-corrected chi connectivity index (χ0v) is 28.6. The second kappa shape index (κ2) is 14.9. The Bertz CT molecular complexity index is 2120. The Morgan fingerprint density at radius 3 is 2.18 bits per heavy atom. The SMILES string of the molecule is Nc1ccc2cc(S(=O)(=O)[O-])cc([O-])c2c1N=Nc1ccc(NC(=O)CC(Cl)S(=O)(=O)c2ccccc2)cc1S(=O)(=O)O.[Li+].[Na+]. The Labute approximate surface area is 297 Å². The van der Waals surface area contributed by atoms with Crippen molar-refractivity contribution >= 4 is 81.1 Å². The third kappa shape index (κ3) is 9.05. The number of alkyl halides is 1. The minimum absolute atomic E-state index is 0. The second-order valence-electron chi connectivity index (χ2n) is 8.86. The Morgan fingerprint density at radius 2 is 1.58 bits per heavy atom. The molecule has 4 aromatic carbocycles. The molecule has 1 atom stereocenters. The predicted molar refractivity (Wildman–Crippen MR) is 153 cm³/mol. The molecule has 0 saturated heterocycles. The first-order chi connectivity index (χ1) is 20.0. The van der Waals surface area contributed by atoms with Crippen molar-refractivity contribution in [3.8, 4) is 5.75 Å². The number of azo groups is 1. The number of hydrogen-bond donors (Lipinski definition) is 3. The van der Waals surface area contributed by atoms with Crippen molar-refractivity contribution in [2.75, 3.05) is 11.1 Å². The third-order valence-electron chi connectivity index (χ3n) is 5.88. The maximum atomic E-state index is 12.6. The van der Waals surface area contributed by atoms with Crippen LogP contribution in [0.1, 0.15) is 6.42 Å². The molecular formula is C25H19ClLiN4NaO10S3. The van der Waals surface area contributed by atoms with Crippen LogP contribution in [0.2, 0.25) is 0 Å². The van der Waals surface area contributed by atoms with Gasteiger partial charge < -0.3 is 20.7 Å². The standard InChI is InChI=1S/C25H21ClN4O10S3.Li.Na/c26-22(41(33,34)16-4-2-1-3-5-16)13-23(32)28-15-7-9-19(21(11-15)43(38,39)40)29-30-25-18(27)8-6-14-10-17(42(35,36)37)12-20(31)24(14)25;;/h1-12,22,31H,13,27H2,(H,28,32)(H,35,36,37)(H,38,39,40);;/q;2*+1/p-2. The van der Waals surface area contributed by atoms with E-state index in [-0.39, 0.29) is 81.1 Å². The van der Waals surface area contributed by atoms with E-state index in [4.69, 9.17) is 17.3 Å². The van der Waals surface area contributed by atoms with Crippen LogP contribution >= 0.6 is 11.6 Å². The molecule has 1 amide bonds. The molecule has 1 unspecified atom stereocenters. The van der Waals surface area contributed by atoms with Crippen molar-refractivity contribution in [3.05, 3.63) is 72.8 Å². The van der Waals surface area contributed by atoms with Crippen molar-refractivity contribution in [2.24, 2.45) is 10.2 Å². The second-order valence-corrected chi connectivity index (χ2v) is 14.5. The topological polar surface area (TPSA) is 249 Å². The van der Waals surface area contributed by atoms with E-state index in [0.717, 1.165) is 18.2 Å². The van der Waals surface area contributed by atoms with E-state index in [2.05, 4.69) is 15.5 Å². The monoisotopic (exact) mass is 696 g/mol. The summed E-state index contributed by atoms with van der Waals surface area (Å²) in [6, 6.07) is 14.3. The van der Waals surface area contributed by atoms with E-state index in [0.29, 0.717) is 6.07 Å². The molecule has 4 N–H and O–H groups in total. The van der Waals surface area contributed by atoms with E-state index in [1.807, 2.05) is 0 Å². The van der Waals surface area contributed by atoms with Gasteiger partial charge in [0.25, 0.3) is 10.1 Å². The molecular weight excluding hydrogens is 678 g/mol. The first-order valence-corrected chi connectivity index (χ1v) is 16.6. The zero-order chi connectivity index (χ0) is 31.7. The van der Waals surface area contributed by atoms with Crippen molar-refractivity contribution in [1.82, 2.24) is 0 Å². The predicted octanol–water partition coefficient (Wildman–Crippen LogP) is -2.56. The Hall–Kier alpha value is -2.53. The molecule has 0 aliphatic rings. The Morgan fingerprint density at radius 1 is 0.933 bits per heavy atom. The van der Waals surface area contributed by atoms with Gasteiger partial charge >= 0.3 is 48.4 Å². The van der Waals surface area contributed by atoms with Crippen LogP contribution in [0.3, 0.4) is 0 Å². The number of benzene rings is 4. The molecule has 0 heterocycles. The van der Waals surface area contributed by atoms with E-state index >= 15 is 0 Å². The molecule has 20 heteroatoms. The molecule has 4 rings (SSSR count). The van der Waals surface area contributed by atoms with Crippen LogP contribution in [-0.2, 0) is 34.9 Å². The maximum Gasteiger partial charge on any atom is 1.00 e. The largest absolute Gasteiger partial charge is 1.00 e. The number of halogens is 1. The average molecular weight is 697 g/mol. The van der Waals surface area contributed by atoms with Crippen LogP contribution in [0.25, 0.3) is 10.8 Å². The van der Waals surface area contributed by atoms with Gasteiger partial charge in [-0.2, -0.15) is 8.42 Å². The van der Waals surface area contributed by atoms with Crippen LogP contribution < -0.4 is 64.6 Å². The van der Waals surface area contributed by atoms with Crippen LogP contribution in [0.5, 0.6) is 5.75 Å². The zero-order valence-electron chi connectivity index (χ0n) is 23.4. The summed E-state index contributed by atoms with van der Waals surface area (Å²) >= 11 is 6.00. The van der Waals surface area contributed by atoms with Gasteiger partial charge in [0.05, 0.1) is 21.9 Å². The molecule has 0 radical (unpaired) electrons. The van der Waals surface area contributed by atoms with Gasteiger partial charge in [0, 0.05) is 11.1 Å². The number of nitrogens with two attached hydrogens (primary N) is 1. The van der Waals surface area contributed by atoms with Gasteiger partial charge in [0.1, 0.15) is 31.1 Å². The number of amides is 1. The van der Waals surface area contributed by atoms with Gasteiger partial charge in [0.2, 0.25) is 5.91 Å². The van der Waals surface area contributed by atoms with Gasteiger partial charge in [0.15, 0.2) is 9.84 Å². The smallest absolute Gasteiger partial charge is 0.872 e. The molecule has 226 valence electrons. The molecule has 45 heavy (non-hydrogen) atoms. The number of nitrogens with zero attached hydrogens (tertiary/aromatic N) is 2. The van der Waals surface area contributed by atoms with Crippen LogP contribution in [0.4, 0.5) is 22.7 Å². The summed E-state index contributed by atoms with van der Waals surface area (Å²) in [5.74, 6) is -1.81. The van der Waals surface area contributed by atoms with Gasteiger partial charge in [-0.1, -0.05) is 36.1 Å². The summed E-state index contributed by atoms with van der Waals surface area (Å²) in [5, 5.41) is 22.3. The number of carbonyl (C=O) groups is 1. The summed E-state index contributed by atoms with van der Waals surface area (Å²) in [7, 11) is -14.0. The van der Waals surface area contributed by atoms with E-state index in [9.17, 15) is 44.3 Å². The quantitative estimate of drug-likeness (QED) is 0.0540. The third-order valence-corrected chi connectivity index (χ3v) is 10.2. The molecule has 0 spiro atoms. The van der Waals surface area contributed by atoms with Crippen molar-refractivity contribution in [2.45, 2.75) is 25.8 Å². The van der Waals surface area contributed by atoms with Crippen LogP contribution in [-0.4, -0.2) is 45.0 Å². The number of nitrogen functional groups attached to an aromatic ring is 1. The van der Waals surface area contributed by atoms with Crippen molar-refractivity contribution in [1.29, 1.82) is 0 Å². The van der Waals surface area contributed by atoms with E-state index < -0.39 is 68.3 Å².